The summed E-state index contributed by atoms with van der Waals surface area (Å²) in [5, 5.41) is 6.77. The van der Waals surface area contributed by atoms with Gasteiger partial charge in [0.15, 0.2) is 5.96 Å². The second-order valence-electron chi connectivity index (χ2n) is 5.30. The highest BCUT2D eigenvalue weighted by molar-refractivity contribution is 14.0. The average molecular weight is 410 g/mol. The van der Waals surface area contributed by atoms with E-state index in [2.05, 4.69) is 41.4 Å². The van der Waals surface area contributed by atoms with E-state index in [0.717, 1.165) is 30.5 Å². The largest absolute Gasteiger partial charge is 0.354 e. The Labute approximate surface area is 143 Å². The van der Waals surface area contributed by atoms with Gasteiger partial charge in [0, 0.05) is 18.0 Å². The van der Waals surface area contributed by atoms with Crippen molar-refractivity contribution in [3.8, 4) is 0 Å². The van der Waals surface area contributed by atoms with Crippen molar-refractivity contribution in [3.05, 3.63) is 16.1 Å². The number of nitrogens with zero attached hydrogens (tertiary/aromatic N) is 2. The number of hydrogen-bond donors (Lipinski definition) is 2. The molecule has 0 aliphatic rings. The molecule has 0 radical (unpaired) electrons. The molecule has 0 aromatic carbocycles. The molecule has 1 unspecified atom stereocenters. The molecule has 0 aliphatic carbocycles. The molecule has 0 spiro atoms. The van der Waals surface area contributed by atoms with Crippen molar-refractivity contribution >= 4 is 41.3 Å². The summed E-state index contributed by atoms with van der Waals surface area (Å²) in [4.78, 5) is 9.77. The Bertz CT molecular complexity index is 404. The third-order valence-corrected chi connectivity index (χ3v) is 3.98. The molecule has 6 heteroatoms. The molecule has 0 amide bonds. The number of aryl methyl sites for hydroxylation is 1. The third-order valence-electron chi connectivity index (χ3n) is 3.05. The summed E-state index contributed by atoms with van der Waals surface area (Å²) >= 11 is 1.68. The highest BCUT2D eigenvalue weighted by Crippen LogP contribution is 2.11. The number of rotatable bonds is 6. The minimum Gasteiger partial charge on any atom is -0.354 e. The van der Waals surface area contributed by atoms with Crippen LogP contribution in [0, 0.1) is 12.8 Å². The number of aromatic nitrogens is 1. The van der Waals surface area contributed by atoms with E-state index in [4.69, 9.17) is 0 Å². The Morgan fingerprint density at radius 3 is 2.55 bits per heavy atom. The first-order valence-electron chi connectivity index (χ1n) is 6.89. The fourth-order valence-corrected chi connectivity index (χ4v) is 2.46. The Morgan fingerprint density at radius 2 is 2.05 bits per heavy atom. The molecule has 1 atom stereocenters. The van der Waals surface area contributed by atoms with Crippen LogP contribution < -0.4 is 10.6 Å². The van der Waals surface area contributed by atoms with Gasteiger partial charge in [-0.15, -0.1) is 35.3 Å². The zero-order valence-corrected chi connectivity index (χ0v) is 16.2. The van der Waals surface area contributed by atoms with E-state index in [1.165, 1.54) is 11.3 Å². The van der Waals surface area contributed by atoms with E-state index in [-0.39, 0.29) is 24.0 Å². The fraction of sp³-hybridized carbons (Fsp3) is 0.714. The first kappa shape index (κ1) is 19.6. The Hall–Kier alpha value is -0.370. The van der Waals surface area contributed by atoms with Crippen LogP contribution in [0.5, 0.6) is 0 Å². The summed E-state index contributed by atoms with van der Waals surface area (Å²) < 4.78 is 0. The molecule has 1 rings (SSSR count). The van der Waals surface area contributed by atoms with Crippen LogP contribution >= 0.6 is 35.3 Å². The van der Waals surface area contributed by atoms with E-state index in [9.17, 15) is 0 Å². The summed E-state index contributed by atoms with van der Waals surface area (Å²) in [7, 11) is 1.81. The molecule has 1 aromatic rings. The normalized spacial score (nSPS) is 13.0. The van der Waals surface area contributed by atoms with Gasteiger partial charge in [0.2, 0.25) is 0 Å². The van der Waals surface area contributed by atoms with E-state index < -0.39 is 0 Å². The van der Waals surface area contributed by atoms with Crippen molar-refractivity contribution in [3.63, 3.8) is 0 Å². The van der Waals surface area contributed by atoms with E-state index in [1.54, 1.807) is 11.3 Å². The standard InChI is InChI=1S/C14H26N4S.HI/c1-10(2)6-7-11(3)18-14(15-5)16-8-13-12(4)17-9-19-13;/h9-11H,6-8H2,1-5H3,(H2,15,16,18);1H. The zero-order valence-electron chi connectivity index (χ0n) is 13.1. The minimum atomic E-state index is 0. The van der Waals surface area contributed by atoms with E-state index in [1.807, 2.05) is 19.5 Å². The van der Waals surface area contributed by atoms with Gasteiger partial charge in [0.1, 0.15) is 0 Å². The minimum absolute atomic E-state index is 0. The van der Waals surface area contributed by atoms with Crippen molar-refractivity contribution in [2.24, 2.45) is 10.9 Å². The number of thiazole rings is 1. The van der Waals surface area contributed by atoms with Crippen LogP contribution in [0.1, 0.15) is 44.2 Å². The highest BCUT2D eigenvalue weighted by Gasteiger charge is 2.07. The molecule has 2 N–H and O–H groups in total. The Morgan fingerprint density at radius 1 is 1.35 bits per heavy atom. The van der Waals surface area contributed by atoms with E-state index >= 15 is 0 Å². The molecule has 1 aromatic heterocycles. The Balaban J connectivity index is 0.00000361. The lowest BCUT2D eigenvalue weighted by Crippen LogP contribution is -2.41. The number of guanidine groups is 1. The quantitative estimate of drug-likeness (QED) is 0.428. The fourth-order valence-electron chi connectivity index (χ4n) is 1.74. The molecule has 116 valence electrons. The maximum Gasteiger partial charge on any atom is 0.191 e. The molecule has 20 heavy (non-hydrogen) atoms. The number of aliphatic imine (C=N–C) groups is 1. The van der Waals surface area contributed by atoms with Crippen LogP contribution in [-0.2, 0) is 6.54 Å². The van der Waals surface area contributed by atoms with Gasteiger partial charge >= 0.3 is 0 Å². The van der Waals surface area contributed by atoms with Crippen LogP contribution in [0.25, 0.3) is 0 Å². The predicted octanol–water partition coefficient (Wildman–Crippen LogP) is 3.56. The third kappa shape index (κ3) is 7.42. The predicted molar refractivity (Wildman–Crippen MR) is 99.1 cm³/mol. The summed E-state index contributed by atoms with van der Waals surface area (Å²) in [5.74, 6) is 1.61. The topological polar surface area (TPSA) is 49.3 Å². The van der Waals surface area contributed by atoms with Crippen molar-refractivity contribution in [1.82, 2.24) is 15.6 Å². The Kier molecular flexibility index (Phi) is 10.2. The van der Waals surface area contributed by atoms with Gasteiger partial charge in [-0.1, -0.05) is 13.8 Å². The number of nitrogens with one attached hydrogen (secondary N) is 2. The first-order valence-corrected chi connectivity index (χ1v) is 7.77. The molecule has 0 fully saturated rings. The zero-order chi connectivity index (χ0) is 14.3. The van der Waals surface area contributed by atoms with Gasteiger partial charge < -0.3 is 10.6 Å². The van der Waals surface area contributed by atoms with Gasteiger partial charge in [-0.2, -0.15) is 0 Å². The lowest BCUT2D eigenvalue weighted by molar-refractivity contribution is 0.489. The SMILES string of the molecule is CN=C(NCc1scnc1C)NC(C)CCC(C)C.I. The van der Waals surface area contributed by atoms with Crippen molar-refractivity contribution in [2.75, 3.05) is 7.05 Å². The number of hydrogen-bond acceptors (Lipinski definition) is 3. The van der Waals surface area contributed by atoms with E-state index in [0.29, 0.717) is 6.04 Å². The second-order valence-corrected chi connectivity index (χ2v) is 6.24. The summed E-state index contributed by atoms with van der Waals surface area (Å²) in [6.45, 7) is 9.54. The van der Waals surface area contributed by atoms with Crippen LogP contribution in [0.3, 0.4) is 0 Å². The van der Waals surface area contributed by atoms with Crippen LogP contribution in [0.15, 0.2) is 10.5 Å². The molecular weight excluding hydrogens is 383 g/mol. The maximum absolute atomic E-state index is 4.26. The molecule has 0 aliphatic heterocycles. The van der Waals surface area contributed by atoms with Gasteiger partial charge in [-0.25, -0.2) is 4.98 Å². The summed E-state index contributed by atoms with van der Waals surface area (Å²) in [6.07, 6.45) is 2.40. The first-order chi connectivity index (χ1) is 9.02. The lowest BCUT2D eigenvalue weighted by atomic mass is 10.0. The molecule has 0 saturated heterocycles. The molecule has 0 bridgehead atoms. The lowest BCUT2D eigenvalue weighted by Gasteiger charge is -2.18. The van der Waals surface area contributed by atoms with Crippen LogP contribution in [-0.4, -0.2) is 24.0 Å². The maximum atomic E-state index is 4.26. The van der Waals surface area contributed by atoms with Gasteiger partial charge in [0.25, 0.3) is 0 Å². The van der Waals surface area contributed by atoms with Crippen molar-refractivity contribution in [1.29, 1.82) is 0 Å². The smallest absolute Gasteiger partial charge is 0.191 e. The number of halogens is 1. The van der Waals surface area contributed by atoms with Gasteiger partial charge in [-0.3, -0.25) is 4.99 Å². The van der Waals surface area contributed by atoms with Gasteiger partial charge in [-0.05, 0) is 32.6 Å². The molecule has 1 heterocycles. The monoisotopic (exact) mass is 410 g/mol. The van der Waals surface area contributed by atoms with Crippen molar-refractivity contribution < 1.29 is 0 Å². The molecule has 4 nitrogen and oxygen atoms in total. The average Bonchev–Trinajstić information content (AvgIpc) is 2.77. The second kappa shape index (κ2) is 10.4. The van der Waals surface area contributed by atoms with Crippen LogP contribution in [0.2, 0.25) is 0 Å². The highest BCUT2D eigenvalue weighted by atomic mass is 127. The summed E-state index contributed by atoms with van der Waals surface area (Å²) in [5.41, 5.74) is 2.98. The summed E-state index contributed by atoms with van der Waals surface area (Å²) in [6, 6.07) is 0.441. The van der Waals surface area contributed by atoms with Gasteiger partial charge in [0.05, 0.1) is 17.7 Å². The van der Waals surface area contributed by atoms with Crippen molar-refractivity contribution in [2.45, 2.75) is 53.1 Å². The molecular formula is C14H27IN4S. The van der Waals surface area contributed by atoms with Crippen LogP contribution in [0.4, 0.5) is 0 Å². The molecule has 0 saturated carbocycles.